The Balaban J connectivity index is 1.46. The van der Waals surface area contributed by atoms with Gasteiger partial charge in [-0.05, 0) is 60.4 Å². The number of pyridine rings is 1. The average molecular weight is 448 g/mol. The van der Waals surface area contributed by atoms with Crippen molar-refractivity contribution in [3.8, 4) is 0 Å². The monoisotopic (exact) mass is 447 g/mol. The van der Waals surface area contributed by atoms with Crippen LogP contribution in [-0.2, 0) is 23.0 Å². The van der Waals surface area contributed by atoms with E-state index < -0.39 is 15.8 Å². The van der Waals surface area contributed by atoms with Crippen LogP contribution in [0.3, 0.4) is 0 Å². The van der Waals surface area contributed by atoms with Crippen LogP contribution in [0.2, 0.25) is 0 Å². The molecule has 0 saturated heterocycles. The van der Waals surface area contributed by atoms with Crippen LogP contribution in [0, 0.1) is 5.82 Å². The second kappa shape index (κ2) is 8.33. The van der Waals surface area contributed by atoms with Crippen molar-refractivity contribution in [2.24, 2.45) is 0 Å². The summed E-state index contributed by atoms with van der Waals surface area (Å²) < 4.78 is 41.3. The number of para-hydroxylation sites is 1. The molecule has 5 rings (SSSR count). The van der Waals surface area contributed by atoms with Crippen LogP contribution in [0.1, 0.15) is 29.2 Å². The molecule has 2 N–H and O–H groups in total. The normalized spacial score (nSPS) is 15.6. The summed E-state index contributed by atoms with van der Waals surface area (Å²) in [7, 11) is -3.79. The van der Waals surface area contributed by atoms with Gasteiger partial charge in [-0.25, -0.2) is 22.5 Å². The number of sulfonamides is 1. The molecule has 0 amide bonds. The maximum atomic E-state index is 13.2. The molecule has 162 valence electrons. The summed E-state index contributed by atoms with van der Waals surface area (Å²) in [6.45, 7) is 0.0637. The van der Waals surface area contributed by atoms with Crippen molar-refractivity contribution in [1.82, 2.24) is 9.71 Å². The molecule has 1 aliphatic carbocycles. The highest BCUT2D eigenvalue weighted by molar-refractivity contribution is 7.89. The van der Waals surface area contributed by atoms with Crippen molar-refractivity contribution in [1.29, 1.82) is 0 Å². The van der Waals surface area contributed by atoms with E-state index in [9.17, 15) is 12.8 Å². The van der Waals surface area contributed by atoms with Crippen molar-refractivity contribution in [3.05, 3.63) is 101 Å². The van der Waals surface area contributed by atoms with Crippen LogP contribution in [0.5, 0.6) is 0 Å². The predicted octanol–water partition coefficient (Wildman–Crippen LogP) is 4.95. The number of rotatable bonds is 6. The van der Waals surface area contributed by atoms with Gasteiger partial charge in [-0.1, -0.05) is 42.5 Å². The Morgan fingerprint density at radius 1 is 0.969 bits per heavy atom. The van der Waals surface area contributed by atoms with E-state index in [1.54, 1.807) is 0 Å². The largest absolute Gasteiger partial charge is 0.363 e. The van der Waals surface area contributed by atoms with Crippen LogP contribution in [0.4, 0.5) is 10.2 Å². The Hall–Kier alpha value is -3.29. The Morgan fingerprint density at radius 2 is 1.72 bits per heavy atom. The summed E-state index contributed by atoms with van der Waals surface area (Å²) in [5.41, 5.74) is 4.16. The van der Waals surface area contributed by atoms with Crippen LogP contribution in [-0.4, -0.2) is 13.4 Å². The molecule has 32 heavy (non-hydrogen) atoms. The van der Waals surface area contributed by atoms with Crippen LogP contribution in [0.15, 0.2) is 83.8 Å². The first-order valence-corrected chi connectivity index (χ1v) is 12.0. The SMILES string of the molecule is O=S(=O)(NCc1cc2ccccc2nc1NC1CCc2ccccc21)c1ccc(F)cc1. The Bertz CT molecular complexity index is 1390. The van der Waals surface area contributed by atoms with Gasteiger partial charge >= 0.3 is 0 Å². The number of halogens is 1. The lowest BCUT2D eigenvalue weighted by Crippen LogP contribution is -2.24. The Kier molecular flexibility index (Phi) is 5.36. The zero-order chi connectivity index (χ0) is 22.1. The second-order valence-electron chi connectivity index (χ2n) is 7.90. The van der Waals surface area contributed by atoms with Gasteiger partial charge in [-0.2, -0.15) is 0 Å². The van der Waals surface area contributed by atoms with Crippen LogP contribution in [0.25, 0.3) is 10.9 Å². The zero-order valence-corrected chi connectivity index (χ0v) is 18.1. The van der Waals surface area contributed by atoms with E-state index in [1.165, 1.54) is 23.3 Å². The Labute approximate surface area is 186 Å². The number of nitrogens with zero attached hydrogens (tertiary/aromatic N) is 1. The molecule has 0 fully saturated rings. The van der Waals surface area contributed by atoms with Crippen molar-refractivity contribution in [2.75, 3.05) is 5.32 Å². The van der Waals surface area contributed by atoms with Gasteiger partial charge in [0.2, 0.25) is 10.0 Å². The summed E-state index contributed by atoms with van der Waals surface area (Å²) in [5.74, 6) is 0.179. The quantitative estimate of drug-likeness (QED) is 0.439. The molecule has 1 unspecified atom stereocenters. The number of nitrogens with one attached hydrogen (secondary N) is 2. The molecule has 0 aliphatic heterocycles. The third kappa shape index (κ3) is 4.09. The van der Waals surface area contributed by atoms with E-state index >= 15 is 0 Å². The maximum absolute atomic E-state index is 13.2. The number of aryl methyl sites for hydroxylation is 1. The van der Waals surface area contributed by atoms with Gasteiger partial charge in [0.15, 0.2) is 0 Å². The van der Waals surface area contributed by atoms with E-state index in [0.717, 1.165) is 41.4 Å². The van der Waals surface area contributed by atoms with Crippen molar-refractivity contribution in [2.45, 2.75) is 30.3 Å². The van der Waals surface area contributed by atoms with Gasteiger partial charge in [0, 0.05) is 17.5 Å². The third-order valence-corrected chi connectivity index (χ3v) is 7.24. The molecule has 1 atom stereocenters. The van der Waals surface area contributed by atoms with Crippen molar-refractivity contribution >= 4 is 26.7 Å². The molecule has 7 heteroatoms. The summed E-state index contributed by atoms with van der Waals surface area (Å²) in [6.07, 6.45) is 1.95. The minimum absolute atomic E-state index is 0.0203. The predicted molar refractivity (Wildman–Crippen MR) is 123 cm³/mol. The van der Waals surface area contributed by atoms with Crippen molar-refractivity contribution in [3.63, 3.8) is 0 Å². The van der Waals surface area contributed by atoms with Crippen LogP contribution < -0.4 is 10.0 Å². The smallest absolute Gasteiger partial charge is 0.240 e. The first-order chi connectivity index (χ1) is 15.5. The number of aromatic nitrogens is 1. The lowest BCUT2D eigenvalue weighted by atomic mass is 10.1. The average Bonchev–Trinajstić information content (AvgIpc) is 3.21. The number of benzene rings is 3. The van der Waals surface area contributed by atoms with Crippen molar-refractivity contribution < 1.29 is 12.8 Å². The van der Waals surface area contributed by atoms with E-state index in [2.05, 4.69) is 22.2 Å². The number of anilines is 1. The van der Waals surface area contributed by atoms with Gasteiger partial charge in [-0.15, -0.1) is 0 Å². The van der Waals surface area contributed by atoms with E-state index in [4.69, 9.17) is 4.98 Å². The molecule has 3 aromatic carbocycles. The van der Waals surface area contributed by atoms with Gasteiger partial charge in [0.05, 0.1) is 16.5 Å². The second-order valence-corrected chi connectivity index (χ2v) is 9.67. The molecule has 1 aromatic heterocycles. The first kappa shape index (κ1) is 20.6. The molecule has 4 aromatic rings. The summed E-state index contributed by atoms with van der Waals surface area (Å²) in [6, 6.07) is 23.0. The molecular weight excluding hydrogens is 425 g/mol. The standard InChI is InChI=1S/C25H22FN3O2S/c26-20-10-12-21(13-11-20)32(30,31)27-16-19-15-18-6-2-4-8-23(18)28-25(19)29-24-14-9-17-5-1-3-7-22(17)24/h1-8,10-13,15,24,27H,9,14,16H2,(H,28,29). The summed E-state index contributed by atoms with van der Waals surface area (Å²) >= 11 is 0. The molecule has 1 heterocycles. The van der Waals surface area contributed by atoms with Gasteiger partial charge in [0.1, 0.15) is 11.6 Å². The van der Waals surface area contributed by atoms with E-state index in [1.807, 2.05) is 42.5 Å². The highest BCUT2D eigenvalue weighted by Crippen LogP contribution is 2.34. The Morgan fingerprint density at radius 3 is 2.56 bits per heavy atom. The fourth-order valence-electron chi connectivity index (χ4n) is 4.16. The molecule has 0 bridgehead atoms. The van der Waals surface area contributed by atoms with E-state index in [-0.39, 0.29) is 17.5 Å². The fourth-order valence-corrected chi connectivity index (χ4v) is 5.17. The lowest BCUT2D eigenvalue weighted by molar-refractivity contribution is 0.580. The topological polar surface area (TPSA) is 71.1 Å². The highest BCUT2D eigenvalue weighted by atomic mass is 32.2. The maximum Gasteiger partial charge on any atom is 0.240 e. The summed E-state index contributed by atoms with van der Waals surface area (Å²) in [5, 5.41) is 4.48. The molecule has 0 saturated carbocycles. The number of fused-ring (bicyclic) bond motifs is 2. The molecule has 5 nitrogen and oxygen atoms in total. The molecule has 0 spiro atoms. The first-order valence-electron chi connectivity index (χ1n) is 10.5. The molecular formula is C25H22FN3O2S. The minimum atomic E-state index is -3.79. The third-order valence-electron chi connectivity index (χ3n) is 5.82. The highest BCUT2D eigenvalue weighted by Gasteiger charge is 2.23. The zero-order valence-electron chi connectivity index (χ0n) is 17.3. The number of hydrogen-bond donors (Lipinski definition) is 2. The van der Waals surface area contributed by atoms with E-state index in [0.29, 0.717) is 5.82 Å². The minimum Gasteiger partial charge on any atom is -0.363 e. The summed E-state index contributed by atoms with van der Waals surface area (Å²) in [4.78, 5) is 4.82. The van der Waals surface area contributed by atoms with Gasteiger partial charge < -0.3 is 5.32 Å². The molecule has 1 aliphatic rings. The van der Waals surface area contributed by atoms with Gasteiger partial charge in [0.25, 0.3) is 0 Å². The van der Waals surface area contributed by atoms with Crippen LogP contribution >= 0.6 is 0 Å². The van der Waals surface area contributed by atoms with Gasteiger partial charge in [-0.3, -0.25) is 0 Å². The fraction of sp³-hybridized carbons (Fsp3) is 0.160. The number of hydrogen-bond acceptors (Lipinski definition) is 4. The molecule has 0 radical (unpaired) electrons. The lowest BCUT2D eigenvalue weighted by Gasteiger charge is -2.19.